The third kappa shape index (κ3) is 2.13. The SMILES string of the molecule is CC[Si](Cl)(Cl)CC1CC2C=CC1C2. The molecule has 3 atom stereocenters. The molecule has 0 aromatic carbocycles. The highest BCUT2D eigenvalue weighted by Gasteiger charge is 2.40. The number of hydrogen-bond donors (Lipinski definition) is 0. The van der Waals surface area contributed by atoms with Crippen LogP contribution in [0.25, 0.3) is 0 Å². The van der Waals surface area contributed by atoms with Crippen molar-refractivity contribution in [1.82, 2.24) is 0 Å². The normalized spacial score (nSPS) is 37.3. The van der Waals surface area contributed by atoms with E-state index in [9.17, 15) is 0 Å². The fourth-order valence-corrected chi connectivity index (χ4v) is 5.37. The molecule has 0 saturated heterocycles. The smallest absolute Gasteiger partial charge is 0.146 e. The highest BCUT2D eigenvalue weighted by Crippen LogP contribution is 2.48. The summed E-state index contributed by atoms with van der Waals surface area (Å²) in [4.78, 5) is 0. The molecule has 1 fully saturated rings. The van der Waals surface area contributed by atoms with Crippen LogP contribution in [0.5, 0.6) is 0 Å². The molecule has 3 heteroatoms. The van der Waals surface area contributed by atoms with Gasteiger partial charge >= 0.3 is 0 Å². The minimum absolute atomic E-state index is 0.802. The van der Waals surface area contributed by atoms with E-state index in [0.29, 0.717) is 0 Å². The number of allylic oxidation sites excluding steroid dienone is 2. The van der Waals surface area contributed by atoms with Gasteiger partial charge in [-0.05, 0) is 42.7 Å². The summed E-state index contributed by atoms with van der Waals surface area (Å²) in [6.07, 6.45) is 7.47. The molecule has 0 nitrogen and oxygen atoms in total. The zero-order valence-electron chi connectivity index (χ0n) is 7.97. The molecule has 0 aromatic heterocycles. The first kappa shape index (κ1) is 10.1. The average Bonchev–Trinajstić information content (AvgIpc) is 2.64. The van der Waals surface area contributed by atoms with Crippen LogP contribution in [0.4, 0.5) is 0 Å². The molecule has 0 aliphatic heterocycles. The first-order valence-electron chi connectivity index (χ1n) is 5.17. The van der Waals surface area contributed by atoms with Crippen molar-refractivity contribution in [3.63, 3.8) is 0 Å². The van der Waals surface area contributed by atoms with Crippen LogP contribution in [-0.2, 0) is 0 Å². The Morgan fingerprint density at radius 1 is 1.31 bits per heavy atom. The molecule has 0 radical (unpaired) electrons. The van der Waals surface area contributed by atoms with Crippen LogP contribution in [0.1, 0.15) is 19.8 Å². The maximum absolute atomic E-state index is 6.32. The Kier molecular flexibility index (Phi) is 2.79. The molecular formula is C10H16Cl2Si. The fraction of sp³-hybridized carbons (Fsp3) is 0.800. The van der Waals surface area contributed by atoms with Gasteiger partial charge in [0.1, 0.15) is 0 Å². The predicted octanol–water partition coefficient (Wildman–Crippen LogP) is 4.14. The van der Waals surface area contributed by atoms with Crippen LogP contribution in [0, 0.1) is 17.8 Å². The molecule has 0 aromatic rings. The maximum atomic E-state index is 6.32. The number of halogens is 2. The molecule has 2 aliphatic rings. The number of rotatable bonds is 3. The lowest BCUT2D eigenvalue weighted by Crippen LogP contribution is -2.23. The van der Waals surface area contributed by atoms with Gasteiger partial charge in [0.2, 0.25) is 0 Å². The molecule has 13 heavy (non-hydrogen) atoms. The Hall–Kier alpha value is 0.537. The van der Waals surface area contributed by atoms with Gasteiger partial charge in [-0.3, -0.25) is 0 Å². The minimum Gasteiger partial charge on any atom is -0.146 e. The molecule has 0 heterocycles. The molecule has 1 saturated carbocycles. The van der Waals surface area contributed by atoms with Crippen LogP contribution in [0.2, 0.25) is 12.1 Å². The van der Waals surface area contributed by atoms with E-state index in [4.69, 9.17) is 22.2 Å². The van der Waals surface area contributed by atoms with E-state index in [2.05, 4.69) is 19.1 Å². The lowest BCUT2D eigenvalue weighted by molar-refractivity contribution is 0.489. The first-order chi connectivity index (χ1) is 6.11. The van der Waals surface area contributed by atoms with Gasteiger partial charge in [0.15, 0.2) is 0 Å². The van der Waals surface area contributed by atoms with Gasteiger partial charge in [0.25, 0.3) is 6.69 Å². The van der Waals surface area contributed by atoms with Crippen LogP contribution < -0.4 is 0 Å². The number of hydrogen-bond acceptors (Lipinski definition) is 0. The van der Waals surface area contributed by atoms with Crippen molar-refractivity contribution in [3.8, 4) is 0 Å². The summed E-state index contributed by atoms with van der Waals surface area (Å²) >= 11 is 12.6. The quantitative estimate of drug-likeness (QED) is 0.392. The summed E-state index contributed by atoms with van der Waals surface area (Å²) < 4.78 is 0. The lowest BCUT2D eigenvalue weighted by atomic mass is 9.96. The van der Waals surface area contributed by atoms with Crippen LogP contribution in [0.3, 0.4) is 0 Å². The van der Waals surface area contributed by atoms with Gasteiger partial charge in [-0.2, -0.15) is 0 Å². The number of fused-ring (bicyclic) bond motifs is 2. The van der Waals surface area contributed by atoms with Gasteiger partial charge < -0.3 is 0 Å². The van der Waals surface area contributed by atoms with E-state index < -0.39 is 6.69 Å². The second-order valence-electron chi connectivity index (χ2n) is 4.45. The molecule has 74 valence electrons. The Morgan fingerprint density at radius 3 is 2.54 bits per heavy atom. The van der Waals surface area contributed by atoms with Crippen molar-refractivity contribution >= 4 is 28.9 Å². The van der Waals surface area contributed by atoms with Crippen LogP contribution >= 0.6 is 22.2 Å². The molecule has 2 bridgehead atoms. The Morgan fingerprint density at radius 2 is 2.08 bits per heavy atom. The van der Waals surface area contributed by atoms with Crippen molar-refractivity contribution in [2.45, 2.75) is 31.9 Å². The third-order valence-electron chi connectivity index (χ3n) is 3.49. The Labute approximate surface area is 90.7 Å². The van der Waals surface area contributed by atoms with Crippen LogP contribution in [0.15, 0.2) is 12.2 Å². The Bertz CT molecular complexity index is 225. The molecule has 0 amide bonds. The van der Waals surface area contributed by atoms with Gasteiger partial charge in [-0.25, -0.2) is 0 Å². The van der Waals surface area contributed by atoms with E-state index in [1.807, 2.05) is 0 Å². The molecular weight excluding hydrogens is 219 g/mol. The van der Waals surface area contributed by atoms with E-state index >= 15 is 0 Å². The van der Waals surface area contributed by atoms with Gasteiger partial charge in [0, 0.05) is 0 Å². The van der Waals surface area contributed by atoms with Crippen molar-refractivity contribution in [1.29, 1.82) is 0 Å². The third-order valence-corrected chi connectivity index (χ3v) is 8.18. The summed E-state index contributed by atoms with van der Waals surface area (Å²) in [6, 6.07) is 2.10. The topological polar surface area (TPSA) is 0 Å². The van der Waals surface area contributed by atoms with Crippen molar-refractivity contribution in [3.05, 3.63) is 12.2 Å². The van der Waals surface area contributed by atoms with E-state index in [0.717, 1.165) is 29.8 Å². The van der Waals surface area contributed by atoms with Crippen molar-refractivity contribution in [2.24, 2.45) is 17.8 Å². The molecule has 2 rings (SSSR count). The minimum atomic E-state index is -1.87. The second kappa shape index (κ2) is 3.60. The Balaban J connectivity index is 1.94. The standard InChI is InChI=1S/C10H16Cl2Si/c1-2-13(11,12)7-10-6-8-3-4-9(10)5-8/h3-4,8-10H,2,5-7H2,1H3. The summed E-state index contributed by atoms with van der Waals surface area (Å²) in [5.74, 6) is 2.46. The molecule has 0 spiro atoms. The zero-order chi connectivity index (χ0) is 9.47. The maximum Gasteiger partial charge on any atom is 0.251 e. The molecule has 2 aliphatic carbocycles. The molecule has 0 N–H and O–H groups in total. The van der Waals surface area contributed by atoms with Gasteiger partial charge in [0.05, 0.1) is 0 Å². The van der Waals surface area contributed by atoms with Gasteiger partial charge in [-0.15, -0.1) is 22.2 Å². The predicted molar refractivity (Wildman–Crippen MR) is 61.6 cm³/mol. The van der Waals surface area contributed by atoms with Crippen molar-refractivity contribution < 1.29 is 0 Å². The summed E-state index contributed by atoms with van der Waals surface area (Å²) in [5, 5.41) is 0. The van der Waals surface area contributed by atoms with E-state index in [1.54, 1.807) is 0 Å². The van der Waals surface area contributed by atoms with Crippen LogP contribution in [-0.4, -0.2) is 6.69 Å². The summed E-state index contributed by atoms with van der Waals surface area (Å²) in [7, 11) is 0. The highest BCUT2D eigenvalue weighted by molar-refractivity contribution is 7.45. The highest BCUT2D eigenvalue weighted by atomic mass is 35.7. The second-order valence-corrected chi connectivity index (χ2v) is 12.2. The first-order valence-corrected chi connectivity index (χ1v) is 9.60. The summed E-state index contributed by atoms with van der Waals surface area (Å²) in [6.45, 7) is 0.251. The molecule has 3 unspecified atom stereocenters. The van der Waals surface area contributed by atoms with Crippen molar-refractivity contribution in [2.75, 3.05) is 0 Å². The van der Waals surface area contributed by atoms with E-state index in [1.165, 1.54) is 12.8 Å². The monoisotopic (exact) mass is 234 g/mol. The summed E-state index contributed by atoms with van der Waals surface area (Å²) in [5.41, 5.74) is 0. The van der Waals surface area contributed by atoms with Gasteiger partial charge in [-0.1, -0.05) is 19.1 Å². The average molecular weight is 235 g/mol. The zero-order valence-corrected chi connectivity index (χ0v) is 10.5. The lowest BCUT2D eigenvalue weighted by Gasteiger charge is -2.23. The largest absolute Gasteiger partial charge is 0.251 e. The fourth-order valence-electron chi connectivity index (χ4n) is 2.66. The van der Waals surface area contributed by atoms with E-state index in [-0.39, 0.29) is 0 Å².